The zero-order valence-corrected chi connectivity index (χ0v) is 8.05. The van der Waals surface area contributed by atoms with Gasteiger partial charge in [0.15, 0.2) is 0 Å². The average molecular weight is 160 g/mol. The minimum absolute atomic E-state index is 0.229. The fraction of sp³-hybridized carbons (Fsp3) is 1.00. The molecule has 3 heteroatoms. The summed E-state index contributed by atoms with van der Waals surface area (Å²) in [4.78, 5) is 1.73. The van der Waals surface area contributed by atoms with Crippen LogP contribution in [0.4, 0.5) is 0 Å². The molecule has 0 aromatic rings. The molecule has 0 saturated carbocycles. The number of hydrogen-bond donors (Lipinski definition) is 0. The highest BCUT2D eigenvalue weighted by Crippen LogP contribution is 2.09. The standard InChI is InChI=1S/C8H18NO2/c1-7(10)9(4)6-8(2,3)11-5/h7H,6H2,1-5H3. The maximum Gasteiger partial charge on any atom is 0.143 e. The van der Waals surface area contributed by atoms with Crippen molar-refractivity contribution in [2.24, 2.45) is 0 Å². The highest BCUT2D eigenvalue weighted by molar-refractivity contribution is 4.72. The summed E-state index contributed by atoms with van der Waals surface area (Å²) in [5, 5.41) is 10.9. The highest BCUT2D eigenvalue weighted by atomic mass is 16.5. The molecule has 0 rings (SSSR count). The van der Waals surface area contributed by atoms with Crippen LogP contribution in [0, 0.1) is 0 Å². The van der Waals surface area contributed by atoms with Gasteiger partial charge < -0.3 is 4.74 Å². The van der Waals surface area contributed by atoms with Crippen LogP contribution in [0.3, 0.4) is 0 Å². The van der Waals surface area contributed by atoms with Crippen molar-refractivity contribution < 1.29 is 9.84 Å². The summed E-state index contributed by atoms with van der Waals surface area (Å²) in [6, 6.07) is 0. The van der Waals surface area contributed by atoms with E-state index in [0.29, 0.717) is 6.54 Å². The Kier molecular flexibility index (Phi) is 4.00. The summed E-state index contributed by atoms with van der Waals surface area (Å²) in [5.41, 5.74) is -0.229. The van der Waals surface area contributed by atoms with Crippen LogP contribution in [0.2, 0.25) is 0 Å². The summed E-state index contributed by atoms with van der Waals surface area (Å²) in [6.07, 6.45) is -0.663. The lowest BCUT2D eigenvalue weighted by molar-refractivity contribution is -0.0716. The molecule has 1 atom stereocenters. The van der Waals surface area contributed by atoms with Gasteiger partial charge in [0.2, 0.25) is 0 Å². The van der Waals surface area contributed by atoms with Crippen LogP contribution in [0.25, 0.3) is 0 Å². The predicted molar refractivity (Wildman–Crippen MR) is 43.9 cm³/mol. The molecule has 0 heterocycles. The Morgan fingerprint density at radius 3 is 2.27 bits per heavy atom. The van der Waals surface area contributed by atoms with Gasteiger partial charge >= 0.3 is 0 Å². The van der Waals surface area contributed by atoms with Crippen molar-refractivity contribution in [2.45, 2.75) is 32.6 Å². The van der Waals surface area contributed by atoms with E-state index in [1.54, 1.807) is 26.0 Å². The molecule has 0 bridgehead atoms. The smallest absolute Gasteiger partial charge is 0.143 e. The topological polar surface area (TPSA) is 32.4 Å². The maximum absolute atomic E-state index is 10.9. The molecular formula is C8H18NO2. The van der Waals surface area contributed by atoms with Crippen molar-refractivity contribution in [2.75, 3.05) is 20.7 Å². The van der Waals surface area contributed by atoms with E-state index in [2.05, 4.69) is 0 Å². The fourth-order valence-corrected chi connectivity index (χ4v) is 0.794. The van der Waals surface area contributed by atoms with Gasteiger partial charge in [-0.15, -0.1) is 0 Å². The van der Waals surface area contributed by atoms with E-state index < -0.39 is 6.23 Å². The Morgan fingerprint density at radius 2 is 2.00 bits per heavy atom. The molecule has 1 unspecified atom stereocenters. The van der Waals surface area contributed by atoms with Crippen molar-refractivity contribution in [3.8, 4) is 0 Å². The lowest BCUT2D eigenvalue weighted by atomic mass is 10.1. The van der Waals surface area contributed by atoms with E-state index >= 15 is 0 Å². The Balaban J connectivity index is 3.83. The Labute approximate surface area is 69.0 Å². The van der Waals surface area contributed by atoms with Gasteiger partial charge in [0.05, 0.1) is 5.60 Å². The first-order chi connectivity index (χ1) is 4.89. The van der Waals surface area contributed by atoms with Crippen LogP contribution in [0.15, 0.2) is 0 Å². The molecule has 1 radical (unpaired) electrons. The number of likely N-dealkylation sites (N-methyl/N-ethyl adjacent to an activating group) is 1. The summed E-state index contributed by atoms with van der Waals surface area (Å²) in [5.74, 6) is 0. The van der Waals surface area contributed by atoms with Gasteiger partial charge in [-0.1, -0.05) is 0 Å². The van der Waals surface area contributed by atoms with E-state index in [0.717, 1.165) is 0 Å². The minimum Gasteiger partial charge on any atom is -0.377 e. The number of ether oxygens (including phenoxy) is 1. The van der Waals surface area contributed by atoms with Gasteiger partial charge in [0, 0.05) is 13.7 Å². The van der Waals surface area contributed by atoms with Crippen LogP contribution >= 0.6 is 0 Å². The number of rotatable bonds is 4. The average Bonchev–Trinajstić information content (AvgIpc) is 1.87. The molecule has 0 fully saturated rings. The Bertz CT molecular complexity index is 113. The maximum atomic E-state index is 10.9. The molecule has 0 spiro atoms. The van der Waals surface area contributed by atoms with Crippen molar-refractivity contribution in [3.05, 3.63) is 0 Å². The molecule has 0 aromatic carbocycles. The van der Waals surface area contributed by atoms with Crippen molar-refractivity contribution >= 4 is 0 Å². The molecule has 0 aliphatic carbocycles. The van der Waals surface area contributed by atoms with Crippen molar-refractivity contribution in [3.63, 3.8) is 0 Å². The third-order valence-electron chi connectivity index (χ3n) is 1.80. The molecule has 3 nitrogen and oxygen atoms in total. The van der Waals surface area contributed by atoms with Gasteiger partial charge in [-0.3, -0.25) is 4.90 Å². The van der Waals surface area contributed by atoms with Crippen LogP contribution in [-0.2, 0) is 9.84 Å². The van der Waals surface area contributed by atoms with Crippen LogP contribution in [0.5, 0.6) is 0 Å². The van der Waals surface area contributed by atoms with E-state index in [9.17, 15) is 5.11 Å². The van der Waals surface area contributed by atoms with Crippen LogP contribution < -0.4 is 0 Å². The molecule has 0 N–H and O–H groups in total. The Morgan fingerprint density at radius 1 is 1.55 bits per heavy atom. The monoisotopic (exact) mass is 160 g/mol. The summed E-state index contributed by atoms with van der Waals surface area (Å²) in [7, 11) is 3.46. The number of hydrogen-bond acceptors (Lipinski definition) is 2. The summed E-state index contributed by atoms with van der Waals surface area (Å²) >= 11 is 0. The van der Waals surface area contributed by atoms with E-state index in [1.807, 2.05) is 13.8 Å². The second-order valence-corrected chi connectivity index (χ2v) is 3.48. The number of methoxy groups -OCH3 is 1. The molecule has 67 valence electrons. The normalized spacial score (nSPS) is 15.5. The minimum atomic E-state index is -0.663. The van der Waals surface area contributed by atoms with Gasteiger partial charge in [0.25, 0.3) is 0 Å². The van der Waals surface area contributed by atoms with E-state index in [-0.39, 0.29) is 5.60 Å². The van der Waals surface area contributed by atoms with Crippen molar-refractivity contribution in [1.82, 2.24) is 4.90 Å². The third kappa shape index (κ3) is 4.35. The van der Waals surface area contributed by atoms with Gasteiger partial charge in [-0.05, 0) is 27.8 Å². The number of nitrogens with zero attached hydrogens (tertiary/aromatic N) is 1. The van der Waals surface area contributed by atoms with E-state index in [4.69, 9.17) is 4.74 Å². The molecule has 0 aromatic heterocycles. The second-order valence-electron chi connectivity index (χ2n) is 3.48. The summed E-state index contributed by atoms with van der Waals surface area (Å²) < 4.78 is 5.18. The molecular weight excluding hydrogens is 142 g/mol. The molecule has 11 heavy (non-hydrogen) atoms. The summed E-state index contributed by atoms with van der Waals surface area (Å²) in [6.45, 7) is 6.22. The first-order valence-corrected chi connectivity index (χ1v) is 3.80. The van der Waals surface area contributed by atoms with Crippen LogP contribution in [0.1, 0.15) is 20.8 Å². The first-order valence-electron chi connectivity index (χ1n) is 3.80. The zero-order chi connectivity index (χ0) is 9.07. The zero-order valence-electron chi connectivity index (χ0n) is 8.05. The quantitative estimate of drug-likeness (QED) is 0.577. The third-order valence-corrected chi connectivity index (χ3v) is 1.80. The van der Waals surface area contributed by atoms with E-state index in [1.165, 1.54) is 0 Å². The van der Waals surface area contributed by atoms with Gasteiger partial charge in [0.1, 0.15) is 6.23 Å². The largest absolute Gasteiger partial charge is 0.377 e. The van der Waals surface area contributed by atoms with Crippen LogP contribution in [-0.4, -0.2) is 37.4 Å². The second kappa shape index (κ2) is 4.04. The predicted octanol–water partition coefficient (Wildman–Crippen LogP) is 1.12. The first kappa shape index (κ1) is 10.9. The van der Waals surface area contributed by atoms with Gasteiger partial charge in [-0.2, -0.15) is 0 Å². The van der Waals surface area contributed by atoms with Gasteiger partial charge in [-0.25, -0.2) is 5.11 Å². The molecule has 0 saturated heterocycles. The highest BCUT2D eigenvalue weighted by Gasteiger charge is 2.20. The molecule has 0 aliphatic heterocycles. The van der Waals surface area contributed by atoms with Crippen molar-refractivity contribution in [1.29, 1.82) is 0 Å². The Hall–Kier alpha value is -0.120. The lowest BCUT2D eigenvalue weighted by Gasteiger charge is -2.29. The SMILES string of the molecule is COC(C)(C)CN(C)C(C)[O]. The molecule has 0 aliphatic rings. The molecule has 0 amide bonds. The lowest BCUT2D eigenvalue weighted by Crippen LogP contribution is -2.41. The fourth-order valence-electron chi connectivity index (χ4n) is 0.794.